The van der Waals surface area contributed by atoms with Crippen LogP contribution in [0.25, 0.3) is 0 Å². The predicted molar refractivity (Wildman–Crippen MR) is 111 cm³/mol. The topological polar surface area (TPSA) is 71.8 Å². The van der Waals surface area contributed by atoms with Crippen LogP contribution >= 0.6 is 0 Å². The zero-order valence-corrected chi connectivity index (χ0v) is 18.5. The molecule has 0 fully saturated rings. The summed E-state index contributed by atoms with van der Waals surface area (Å²) in [5, 5.41) is 14.9. The number of tetrazole rings is 1. The van der Waals surface area contributed by atoms with Crippen molar-refractivity contribution in [2.24, 2.45) is 7.05 Å². The van der Waals surface area contributed by atoms with Gasteiger partial charge in [-0.3, -0.25) is 0 Å². The highest BCUT2D eigenvalue weighted by Crippen LogP contribution is 2.41. The Bertz CT molecular complexity index is 1210. The zero-order valence-electron chi connectivity index (χ0n) is 18.5. The maximum Gasteiger partial charge on any atom is 0.433 e. The Morgan fingerprint density at radius 2 is 1.83 bits per heavy atom. The number of aromatic nitrogens is 5. The molecule has 4 rings (SSSR count). The first-order valence-corrected chi connectivity index (χ1v) is 10.6. The average Bonchev–Trinajstić information content (AvgIpc) is 3.20. The fraction of sp³-hybridized carbons (Fsp3) is 0.429. The van der Waals surface area contributed by atoms with Gasteiger partial charge in [0.05, 0.1) is 30.0 Å². The molecule has 35 heavy (non-hydrogen) atoms. The van der Waals surface area contributed by atoms with Crippen LogP contribution in [-0.4, -0.2) is 31.2 Å². The second kappa shape index (κ2) is 8.96. The maximum atomic E-state index is 14.1. The molecule has 0 saturated carbocycles. The number of alkyl halides is 6. The number of nitrogens with zero attached hydrogens (tertiary/aromatic N) is 6. The van der Waals surface area contributed by atoms with Gasteiger partial charge in [-0.15, -0.1) is 5.10 Å². The number of pyridine rings is 1. The van der Waals surface area contributed by atoms with Gasteiger partial charge >= 0.3 is 12.4 Å². The van der Waals surface area contributed by atoms with Crippen LogP contribution in [0, 0.1) is 5.82 Å². The molecule has 0 bridgehead atoms. The summed E-state index contributed by atoms with van der Waals surface area (Å²) in [5.74, 6) is -1.14. The van der Waals surface area contributed by atoms with E-state index in [2.05, 4.69) is 25.7 Å². The van der Waals surface area contributed by atoms with Crippen LogP contribution in [0.3, 0.4) is 0 Å². The average molecular weight is 503 g/mol. The number of anilines is 2. The normalized spacial score (nSPS) is 18.2. The third-order valence-corrected chi connectivity index (χ3v) is 5.66. The third kappa shape index (κ3) is 5.30. The molecule has 2 aromatic heterocycles. The molecule has 0 saturated heterocycles. The summed E-state index contributed by atoms with van der Waals surface area (Å²) in [6.45, 7) is 1.55. The summed E-state index contributed by atoms with van der Waals surface area (Å²) >= 11 is 0. The van der Waals surface area contributed by atoms with Crippen LogP contribution in [-0.2, 0) is 25.9 Å². The number of aryl methyl sites for hydroxylation is 1. The number of halogens is 7. The van der Waals surface area contributed by atoms with Crippen molar-refractivity contribution in [2.45, 2.75) is 50.7 Å². The third-order valence-electron chi connectivity index (χ3n) is 5.66. The van der Waals surface area contributed by atoms with Crippen molar-refractivity contribution in [3.63, 3.8) is 0 Å². The lowest BCUT2D eigenvalue weighted by Gasteiger charge is -2.38. The standard InChI is InChI=1S/C21H20F7N7/c1-3-14-9-16(18-15(29-14)4-5-17(30-18)21(26,27)28)35(19-31-33-34(2)32-19)10-11-6-12(20(23,24)25)8-13(22)7-11/h4-8,14,16,29H,3,9-10H2,1-2H3/t14-,16+/m1/s1. The number of fused-ring (bicyclic) bond motifs is 1. The fourth-order valence-corrected chi connectivity index (χ4v) is 4.02. The van der Waals surface area contributed by atoms with Crippen LogP contribution in [0.2, 0.25) is 0 Å². The molecule has 0 radical (unpaired) electrons. The molecular formula is C21H20F7N7. The van der Waals surface area contributed by atoms with E-state index in [1.165, 1.54) is 18.0 Å². The molecule has 0 spiro atoms. The zero-order chi connectivity index (χ0) is 25.5. The number of nitrogens with one attached hydrogen (secondary N) is 1. The minimum Gasteiger partial charge on any atom is -0.381 e. The molecule has 14 heteroatoms. The monoisotopic (exact) mass is 503 g/mol. The van der Waals surface area contributed by atoms with Crippen molar-refractivity contribution in [3.05, 3.63) is 58.7 Å². The molecule has 7 nitrogen and oxygen atoms in total. The first kappa shape index (κ1) is 24.7. The Balaban J connectivity index is 1.83. The van der Waals surface area contributed by atoms with E-state index in [4.69, 9.17) is 0 Å². The van der Waals surface area contributed by atoms with Gasteiger partial charge < -0.3 is 10.2 Å². The number of rotatable bonds is 5. The Labute approximate surface area is 194 Å². The van der Waals surface area contributed by atoms with Gasteiger partial charge in [-0.2, -0.15) is 31.1 Å². The van der Waals surface area contributed by atoms with E-state index in [0.717, 1.165) is 23.0 Å². The van der Waals surface area contributed by atoms with Gasteiger partial charge in [0.15, 0.2) is 0 Å². The van der Waals surface area contributed by atoms with E-state index < -0.39 is 35.5 Å². The second-order valence-electron chi connectivity index (χ2n) is 8.18. The molecule has 1 N–H and O–H groups in total. The molecule has 3 aromatic rings. The van der Waals surface area contributed by atoms with Crippen molar-refractivity contribution in [1.82, 2.24) is 25.2 Å². The van der Waals surface area contributed by atoms with E-state index >= 15 is 0 Å². The lowest BCUT2D eigenvalue weighted by atomic mass is 9.93. The molecule has 0 amide bonds. The molecule has 1 aliphatic heterocycles. The first-order chi connectivity index (χ1) is 16.3. The van der Waals surface area contributed by atoms with Gasteiger partial charge in [-0.1, -0.05) is 12.0 Å². The Morgan fingerprint density at radius 1 is 1.09 bits per heavy atom. The van der Waals surface area contributed by atoms with Gasteiger partial charge in [0.2, 0.25) is 0 Å². The van der Waals surface area contributed by atoms with Gasteiger partial charge in [-0.05, 0) is 54.0 Å². The largest absolute Gasteiger partial charge is 0.433 e. The quantitative estimate of drug-likeness (QED) is 0.488. The Hall–Kier alpha value is -3.45. The van der Waals surface area contributed by atoms with E-state index in [-0.39, 0.29) is 36.2 Å². The van der Waals surface area contributed by atoms with E-state index in [9.17, 15) is 30.7 Å². The highest BCUT2D eigenvalue weighted by atomic mass is 19.4. The lowest BCUT2D eigenvalue weighted by molar-refractivity contribution is -0.141. The van der Waals surface area contributed by atoms with E-state index in [1.54, 1.807) is 0 Å². The SMILES string of the molecule is CC[C@@H]1C[C@H](N(Cc2cc(F)cc(C(F)(F)F)c2)c2nnn(C)n2)c2nc(C(F)(F)F)ccc2N1. The summed E-state index contributed by atoms with van der Waals surface area (Å²) in [6, 6.07) is 3.17. The molecule has 1 aromatic carbocycles. The molecule has 3 heterocycles. The van der Waals surface area contributed by atoms with Gasteiger partial charge in [0, 0.05) is 12.6 Å². The molecule has 1 aliphatic rings. The van der Waals surface area contributed by atoms with Gasteiger partial charge in [0.1, 0.15) is 11.5 Å². The summed E-state index contributed by atoms with van der Waals surface area (Å²) in [7, 11) is 1.46. The lowest BCUT2D eigenvalue weighted by Crippen LogP contribution is -2.39. The molecular weight excluding hydrogens is 483 g/mol. The van der Waals surface area contributed by atoms with Crippen molar-refractivity contribution >= 4 is 11.6 Å². The molecule has 188 valence electrons. The fourth-order valence-electron chi connectivity index (χ4n) is 4.02. The van der Waals surface area contributed by atoms with Gasteiger partial charge in [0.25, 0.3) is 5.95 Å². The number of benzene rings is 1. The number of hydrogen-bond donors (Lipinski definition) is 1. The minimum atomic E-state index is -4.79. The molecule has 0 unspecified atom stereocenters. The van der Waals surface area contributed by atoms with Crippen molar-refractivity contribution in [3.8, 4) is 0 Å². The second-order valence-corrected chi connectivity index (χ2v) is 8.18. The van der Waals surface area contributed by atoms with Crippen molar-refractivity contribution < 1.29 is 30.7 Å². The Kier molecular flexibility index (Phi) is 6.32. The summed E-state index contributed by atoms with van der Waals surface area (Å²) in [6.07, 6.45) is -8.64. The smallest absolute Gasteiger partial charge is 0.381 e. The van der Waals surface area contributed by atoms with Gasteiger partial charge in [-0.25, -0.2) is 9.37 Å². The minimum absolute atomic E-state index is 0.0319. The van der Waals surface area contributed by atoms with E-state index in [0.29, 0.717) is 18.2 Å². The highest BCUT2D eigenvalue weighted by Gasteiger charge is 2.38. The van der Waals surface area contributed by atoms with Crippen molar-refractivity contribution in [2.75, 3.05) is 10.2 Å². The maximum absolute atomic E-state index is 14.1. The van der Waals surface area contributed by atoms with Crippen LogP contribution in [0.4, 0.5) is 42.4 Å². The first-order valence-electron chi connectivity index (χ1n) is 10.6. The Morgan fingerprint density at radius 3 is 2.43 bits per heavy atom. The highest BCUT2D eigenvalue weighted by molar-refractivity contribution is 5.56. The number of hydrogen-bond acceptors (Lipinski definition) is 6. The van der Waals surface area contributed by atoms with Crippen LogP contribution in [0.1, 0.15) is 48.3 Å². The molecule has 0 aliphatic carbocycles. The predicted octanol–water partition coefficient (Wildman–Crippen LogP) is 5.12. The summed E-state index contributed by atoms with van der Waals surface area (Å²) in [4.78, 5) is 6.34. The van der Waals surface area contributed by atoms with Crippen molar-refractivity contribution in [1.29, 1.82) is 0 Å². The van der Waals surface area contributed by atoms with E-state index in [1.807, 2.05) is 6.92 Å². The molecule has 2 atom stereocenters. The summed E-state index contributed by atoms with van der Waals surface area (Å²) in [5.41, 5.74) is -1.98. The summed E-state index contributed by atoms with van der Waals surface area (Å²) < 4.78 is 94.2. The van der Waals surface area contributed by atoms with Crippen LogP contribution in [0.15, 0.2) is 30.3 Å². The van der Waals surface area contributed by atoms with Crippen LogP contribution in [0.5, 0.6) is 0 Å². The van der Waals surface area contributed by atoms with Crippen LogP contribution < -0.4 is 10.2 Å².